The van der Waals surface area contributed by atoms with Crippen LogP contribution < -0.4 is 0 Å². The third kappa shape index (κ3) is 4.89. The second-order valence-electron chi connectivity index (χ2n) is 6.44. The summed E-state index contributed by atoms with van der Waals surface area (Å²) in [4.78, 5) is 22.8. The van der Waals surface area contributed by atoms with Crippen molar-refractivity contribution in [3.8, 4) is 0 Å². The van der Waals surface area contributed by atoms with E-state index in [0.29, 0.717) is 17.5 Å². The van der Waals surface area contributed by atoms with Crippen LogP contribution >= 0.6 is 11.3 Å². The molecule has 1 unspecified atom stereocenters. The number of thiazole rings is 1. The van der Waals surface area contributed by atoms with E-state index < -0.39 is 0 Å². The van der Waals surface area contributed by atoms with Crippen molar-refractivity contribution in [1.82, 2.24) is 10.4 Å². The molecule has 0 aliphatic rings. The van der Waals surface area contributed by atoms with Crippen molar-refractivity contribution in [3.05, 3.63) is 86.9 Å². The molecule has 0 saturated carbocycles. The van der Waals surface area contributed by atoms with Gasteiger partial charge in [0.25, 0.3) is 0 Å². The van der Waals surface area contributed by atoms with Crippen molar-refractivity contribution in [2.75, 3.05) is 6.61 Å². The summed E-state index contributed by atoms with van der Waals surface area (Å²) >= 11 is 1.58. The highest BCUT2D eigenvalue weighted by Crippen LogP contribution is 2.30. The second kappa shape index (κ2) is 9.18. The summed E-state index contributed by atoms with van der Waals surface area (Å²) in [5.74, 6) is 0.0976. The van der Waals surface area contributed by atoms with Crippen molar-refractivity contribution in [2.45, 2.75) is 26.2 Å². The molecule has 0 radical (unpaired) electrons. The first kappa shape index (κ1) is 20.3. The molecule has 0 aliphatic carbocycles. The SMILES string of the molecule is Cc1nc(C(C)c2ccc(C(=O)c3ccccc3)cc2)sc1CCON(O)O. The minimum Gasteiger partial charge on any atom is -0.289 e. The number of carbonyl (C=O) groups is 1. The van der Waals surface area contributed by atoms with Crippen molar-refractivity contribution in [2.24, 2.45) is 0 Å². The van der Waals surface area contributed by atoms with E-state index in [4.69, 9.17) is 10.4 Å². The Morgan fingerprint density at radius 1 is 1.11 bits per heavy atom. The highest BCUT2D eigenvalue weighted by molar-refractivity contribution is 7.11. The van der Waals surface area contributed by atoms with Crippen LogP contribution in [0.15, 0.2) is 54.6 Å². The van der Waals surface area contributed by atoms with Crippen molar-refractivity contribution < 1.29 is 20.0 Å². The lowest BCUT2D eigenvalue weighted by Gasteiger charge is -2.10. The Morgan fingerprint density at radius 2 is 1.75 bits per heavy atom. The molecule has 0 spiro atoms. The van der Waals surface area contributed by atoms with Crippen molar-refractivity contribution in [3.63, 3.8) is 0 Å². The van der Waals surface area contributed by atoms with Gasteiger partial charge in [-0.3, -0.25) is 20.0 Å². The number of hydrogen-bond acceptors (Lipinski definition) is 7. The average Bonchev–Trinajstić information content (AvgIpc) is 3.08. The van der Waals surface area contributed by atoms with Crippen LogP contribution in [0.4, 0.5) is 0 Å². The third-order valence-electron chi connectivity index (χ3n) is 4.52. The molecule has 2 N–H and O–H groups in total. The molecule has 0 aliphatic heterocycles. The molecule has 3 rings (SSSR count). The highest BCUT2D eigenvalue weighted by Gasteiger charge is 2.17. The molecule has 0 amide bonds. The molecule has 7 heteroatoms. The zero-order valence-electron chi connectivity index (χ0n) is 15.7. The third-order valence-corrected chi connectivity index (χ3v) is 5.92. The van der Waals surface area contributed by atoms with Crippen molar-refractivity contribution in [1.29, 1.82) is 0 Å². The predicted octanol–water partition coefficient (Wildman–Crippen LogP) is 4.39. The summed E-state index contributed by atoms with van der Waals surface area (Å²) in [5, 5.41) is 17.9. The molecule has 0 bridgehead atoms. The summed E-state index contributed by atoms with van der Waals surface area (Å²) < 4.78 is 0. The van der Waals surface area contributed by atoms with E-state index in [1.807, 2.05) is 61.5 Å². The number of rotatable bonds is 8. The minimum atomic E-state index is -0.280. The molecule has 0 fully saturated rings. The van der Waals surface area contributed by atoms with Gasteiger partial charge in [-0.2, -0.15) is 0 Å². The summed E-state index contributed by atoms with van der Waals surface area (Å²) in [6.45, 7) is 4.16. The Bertz CT molecular complexity index is 923. The standard InChI is InChI=1S/C21H22N2O4S/c1-14(21-22-15(2)19(28-21)12-13-27-23(25)26)16-8-10-18(11-9-16)20(24)17-6-4-3-5-7-17/h3-11,14,25-26H,12-13H2,1-2H3. The van der Waals surface area contributed by atoms with E-state index in [-0.39, 0.29) is 23.7 Å². The summed E-state index contributed by atoms with van der Waals surface area (Å²) in [7, 11) is 0. The van der Waals surface area contributed by atoms with Gasteiger partial charge >= 0.3 is 0 Å². The number of benzene rings is 2. The fourth-order valence-corrected chi connectivity index (χ4v) is 4.04. The average molecular weight is 398 g/mol. The first-order chi connectivity index (χ1) is 13.5. The van der Waals surface area contributed by atoms with Gasteiger partial charge in [-0.05, 0) is 12.5 Å². The quantitative estimate of drug-likeness (QED) is 0.433. The molecule has 146 valence electrons. The predicted molar refractivity (Wildman–Crippen MR) is 106 cm³/mol. The Balaban J connectivity index is 1.71. The summed E-state index contributed by atoms with van der Waals surface area (Å²) in [6, 6.07) is 16.9. The first-order valence-electron chi connectivity index (χ1n) is 8.92. The Kier molecular flexibility index (Phi) is 6.66. The van der Waals surface area contributed by atoms with Gasteiger partial charge in [0.1, 0.15) is 5.01 Å². The van der Waals surface area contributed by atoms with Crippen LogP contribution in [0.25, 0.3) is 0 Å². The number of aromatic nitrogens is 1. The molecule has 2 aromatic carbocycles. The molecule has 28 heavy (non-hydrogen) atoms. The monoisotopic (exact) mass is 398 g/mol. The van der Waals surface area contributed by atoms with Crippen LogP contribution in [-0.2, 0) is 11.3 Å². The molecule has 6 nitrogen and oxygen atoms in total. The minimum absolute atomic E-state index is 0.00833. The maximum atomic E-state index is 12.5. The van der Waals surface area contributed by atoms with E-state index in [2.05, 4.69) is 16.7 Å². The smallest absolute Gasteiger partial charge is 0.193 e. The van der Waals surface area contributed by atoms with Gasteiger partial charge in [0.15, 0.2) is 5.78 Å². The summed E-state index contributed by atoms with van der Waals surface area (Å²) in [6.07, 6.45) is 0.540. The molecule has 3 aromatic rings. The molecule has 1 heterocycles. The number of nitrogens with zero attached hydrogens (tertiary/aromatic N) is 2. The Labute approximate surface area is 167 Å². The highest BCUT2D eigenvalue weighted by atomic mass is 32.1. The Hall–Kier alpha value is -2.42. The van der Waals surface area contributed by atoms with Gasteiger partial charge in [0.2, 0.25) is 0 Å². The number of ketones is 1. The fourth-order valence-electron chi connectivity index (χ4n) is 2.91. The van der Waals surface area contributed by atoms with Crippen LogP contribution in [-0.4, -0.2) is 33.2 Å². The summed E-state index contributed by atoms with van der Waals surface area (Å²) in [5.41, 5.74) is 3.33. The number of hydrogen-bond donors (Lipinski definition) is 2. The number of carbonyl (C=O) groups excluding carboxylic acids is 1. The van der Waals surface area contributed by atoms with E-state index in [0.717, 1.165) is 21.1 Å². The molecule has 1 atom stereocenters. The molecular weight excluding hydrogens is 376 g/mol. The van der Waals surface area contributed by atoms with Crippen LogP contribution in [0.1, 0.15) is 49.9 Å². The normalized spacial score (nSPS) is 12.3. The zero-order valence-corrected chi connectivity index (χ0v) is 16.5. The fraction of sp³-hybridized carbons (Fsp3) is 0.238. The molecule has 1 aromatic heterocycles. The number of aryl methyl sites for hydroxylation is 1. The lowest BCUT2D eigenvalue weighted by molar-refractivity contribution is -0.492. The second-order valence-corrected chi connectivity index (χ2v) is 7.55. The Morgan fingerprint density at radius 3 is 2.39 bits per heavy atom. The van der Waals surface area contributed by atoms with Gasteiger partial charge in [-0.25, -0.2) is 4.98 Å². The van der Waals surface area contributed by atoms with Crippen LogP contribution in [0.3, 0.4) is 0 Å². The lowest BCUT2D eigenvalue weighted by Crippen LogP contribution is -2.16. The zero-order chi connectivity index (χ0) is 20.1. The van der Waals surface area contributed by atoms with Gasteiger partial charge in [-0.15, -0.1) is 11.3 Å². The van der Waals surface area contributed by atoms with Crippen LogP contribution in [0, 0.1) is 6.92 Å². The van der Waals surface area contributed by atoms with E-state index in [9.17, 15) is 4.79 Å². The van der Waals surface area contributed by atoms with E-state index in [1.54, 1.807) is 11.3 Å². The van der Waals surface area contributed by atoms with Gasteiger partial charge in [0.05, 0.1) is 17.7 Å². The van der Waals surface area contributed by atoms with Crippen LogP contribution in [0.2, 0.25) is 0 Å². The van der Waals surface area contributed by atoms with Gasteiger partial charge < -0.3 is 0 Å². The first-order valence-corrected chi connectivity index (χ1v) is 9.74. The molecule has 0 saturated heterocycles. The lowest BCUT2D eigenvalue weighted by atomic mass is 9.97. The van der Waals surface area contributed by atoms with Crippen molar-refractivity contribution >= 4 is 17.1 Å². The van der Waals surface area contributed by atoms with Gasteiger partial charge in [0, 0.05) is 28.3 Å². The van der Waals surface area contributed by atoms with Gasteiger partial charge in [-0.1, -0.05) is 61.5 Å². The molecular formula is C21H22N2O4S. The maximum absolute atomic E-state index is 12.5. The maximum Gasteiger partial charge on any atom is 0.193 e. The largest absolute Gasteiger partial charge is 0.289 e. The van der Waals surface area contributed by atoms with E-state index >= 15 is 0 Å². The topological polar surface area (TPSA) is 82.9 Å². The van der Waals surface area contributed by atoms with E-state index in [1.165, 1.54) is 0 Å². The van der Waals surface area contributed by atoms with Crippen LogP contribution in [0.5, 0.6) is 0 Å².